The molecule has 1 heteroatoms. The van der Waals surface area contributed by atoms with Gasteiger partial charge in [-0.1, -0.05) is 78.6 Å². The molecule has 1 aliphatic rings. The number of unbranched alkanes of at least 4 members (excludes halogenated alkanes) is 3. The monoisotopic (exact) mass is 459 g/mol. The Morgan fingerprint density at radius 1 is 0.486 bits per heavy atom. The van der Waals surface area contributed by atoms with Gasteiger partial charge in [0.15, 0.2) is 0 Å². The van der Waals surface area contributed by atoms with E-state index >= 15 is 0 Å². The van der Waals surface area contributed by atoms with Crippen LogP contribution in [-0.2, 0) is 25.7 Å². The minimum absolute atomic E-state index is 1.16. The number of anilines is 3. The standard InChI is InChI=1S/C34H37N/c1-26-9-19-32(20-10-26)35(33-21-11-27(2)12-22-33)34-23-14-28(15-24-34)7-5-3-4-6-8-29-13-16-30-17-18-31(30)25-29/h9-16,19-25H,3-8,17-18H2,1-2H3. The molecule has 0 N–H and O–H groups in total. The van der Waals surface area contributed by atoms with Crippen LogP contribution in [0.1, 0.15) is 59.1 Å². The Bertz CT molecular complexity index is 1190. The molecule has 0 saturated heterocycles. The summed E-state index contributed by atoms with van der Waals surface area (Å²) in [6.45, 7) is 4.28. The van der Waals surface area contributed by atoms with Gasteiger partial charge in [0.2, 0.25) is 0 Å². The van der Waals surface area contributed by atoms with Gasteiger partial charge in [-0.15, -0.1) is 0 Å². The van der Waals surface area contributed by atoms with E-state index in [0.29, 0.717) is 0 Å². The van der Waals surface area contributed by atoms with E-state index in [1.54, 1.807) is 11.1 Å². The van der Waals surface area contributed by atoms with E-state index in [1.165, 1.54) is 84.3 Å². The number of hydrogen-bond donors (Lipinski definition) is 0. The number of benzene rings is 4. The van der Waals surface area contributed by atoms with Crippen LogP contribution in [0.15, 0.2) is 91.0 Å². The molecule has 0 aliphatic heterocycles. The van der Waals surface area contributed by atoms with E-state index in [-0.39, 0.29) is 0 Å². The first kappa shape index (κ1) is 23.4. The Morgan fingerprint density at radius 3 is 1.43 bits per heavy atom. The van der Waals surface area contributed by atoms with E-state index in [4.69, 9.17) is 0 Å². The van der Waals surface area contributed by atoms with Crippen molar-refractivity contribution in [3.05, 3.63) is 124 Å². The Morgan fingerprint density at radius 2 is 0.943 bits per heavy atom. The fourth-order valence-corrected chi connectivity index (χ4v) is 5.06. The highest BCUT2D eigenvalue weighted by molar-refractivity contribution is 5.76. The first-order valence-electron chi connectivity index (χ1n) is 13.3. The molecule has 0 saturated carbocycles. The molecule has 4 aromatic carbocycles. The second-order valence-electron chi connectivity index (χ2n) is 10.2. The van der Waals surface area contributed by atoms with Crippen LogP contribution in [0, 0.1) is 13.8 Å². The molecule has 1 nitrogen and oxygen atoms in total. The van der Waals surface area contributed by atoms with Gasteiger partial charge in [-0.05, 0) is 111 Å². The lowest BCUT2D eigenvalue weighted by atomic mass is 9.86. The highest BCUT2D eigenvalue weighted by atomic mass is 15.1. The van der Waals surface area contributed by atoms with Crippen molar-refractivity contribution in [1.82, 2.24) is 0 Å². The summed E-state index contributed by atoms with van der Waals surface area (Å²) in [5.74, 6) is 0. The molecular formula is C34H37N. The van der Waals surface area contributed by atoms with Gasteiger partial charge < -0.3 is 4.90 Å². The van der Waals surface area contributed by atoms with Crippen molar-refractivity contribution in [3.63, 3.8) is 0 Å². The van der Waals surface area contributed by atoms with E-state index in [9.17, 15) is 0 Å². The van der Waals surface area contributed by atoms with E-state index in [1.807, 2.05) is 0 Å². The Kier molecular flexibility index (Phi) is 7.33. The fourth-order valence-electron chi connectivity index (χ4n) is 5.06. The second kappa shape index (κ2) is 11.0. The quantitative estimate of drug-likeness (QED) is 0.214. The van der Waals surface area contributed by atoms with Crippen LogP contribution in [0.5, 0.6) is 0 Å². The Hall–Kier alpha value is -3.32. The smallest absolute Gasteiger partial charge is 0.0461 e. The number of aryl methyl sites for hydroxylation is 6. The lowest BCUT2D eigenvalue weighted by molar-refractivity contribution is 0.639. The minimum Gasteiger partial charge on any atom is -0.311 e. The van der Waals surface area contributed by atoms with Gasteiger partial charge in [0.1, 0.15) is 0 Å². The first-order valence-corrected chi connectivity index (χ1v) is 13.3. The molecule has 0 radical (unpaired) electrons. The van der Waals surface area contributed by atoms with Crippen molar-refractivity contribution in [2.75, 3.05) is 4.90 Å². The summed E-state index contributed by atoms with van der Waals surface area (Å²) in [5, 5.41) is 0. The average Bonchev–Trinajstić information content (AvgIpc) is 2.86. The number of nitrogens with zero attached hydrogens (tertiary/aromatic N) is 1. The lowest BCUT2D eigenvalue weighted by Crippen LogP contribution is -2.10. The lowest BCUT2D eigenvalue weighted by Gasteiger charge is -2.26. The van der Waals surface area contributed by atoms with Gasteiger partial charge in [-0.2, -0.15) is 0 Å². The largest absolute Gasteiger partial charge is 0.311 e. The third kappa shape index (κ3) is 5.85. The maximum absolute atomic E-state index is 2.44. The van der Waals surface area contributed by atoms with Crippen LogP contribution in [0.4, 0.5) is 17.1 Å². The molecule has 0 fully saturated rings. The maximum atomic E-state index is 2.44. The predicted molar refractivity (Wildman–Crippen MR) is 150 cm³/mol. The molecule has 0 unspecified atom stereocenters. The number of rotatable bonds is 10. The molecule has 178 valence electrons. The van der Waals surface area contributed by atoms with Gasteiger partial charge in [-0.3, -0.25) is 0 Å². The summed E-state index contributed by atoms with van der Waals surface area (Å²) in [7, 11) is 0. The van der Waals surface area contributed by atoms with Crippen LogP contribution >= 0.6 is 0 Å². The molecule has 0 atom stereocenters. The molecule has 0 spiro atoms. The molecule has 0 aromatic heterocycles. The highest BCUT2D eigenvalue weighted by Crippen LogP contribution is 2.35. The minimum atomic E-state index is 1.16. The van der Waals surface area contributed by atoms with Crippen LogP contribution in [0.3, 0.4) is 0 Å². The van der Waals surface area contributed by atoms with Crippen molar-refractivity contribution in [2.24, 2.45) is 0 Å². The third-order valence-electron chi connectivity index (χ3n) is 7.39. The topological polar surface area (TPSA) is 3.24 Å². The summed E-state index contributed by atoms with van der Waals surface area (Å²) >= 11 is 0. The summed E-state index contributed by atoms with van der Waals surface area (Å²) in [5.41, 5.74) is 12.3. The van der Waals surface area contributed by atoms with Crippen LogP contribution in [-0.4, -0.2) is 0 Å². The number of fused-ring (bicyclic) bond motifs is 1. The van der Waals surface area contributed by atoms with Gasteiger partial charge in [0.05, 0.1) is 0 Å². The molecule has 35 heavy (non-hydrogen) atoms. The van der Waals surface area contributed by atoms with Gasteiger partial charge in [0.25, 0.3) is 0 Å². The predicted octanol–water partition coefficient (Wildman–Crippen LogP) is 9.22. The average molecular weight is 460 g/mol. The van der Waals surface area contributed by atoms with Gasteiger partial charge in [0, 0.05) is 17.1 Å². The molecular weight excluding hydrogens is 422 g/mol. The summed E-state index contributed by atoms with van der Waals surface area (Å²) in [4.78, 5) is 2.35. The second-order valence-corrected chi connectivity index (χ2v) is 10.2. The Balaban J connectivity index is 1.16. The fraction of sp³-hybridized carbons (Fsp3) is 0.294. The summed E-state index contributed by atoms with van der Waals surface area (Å²) in [6.07, 6.45) is 10.2. The Labute approximate surface area is 211 Å². The van der Waals surface area contributed by atoms with Crippen LogP contribution in [0.25, 0.3) is 0 Å². The van der Waals surface area contributed by atoms with Crippen molar-refractivity contribution in [3.8, 4) is 0 Å². The van der Waals surface area contributed by atoms with E-state index < -0.39 is 0 Å². The number of hydrogen-bond acceptors (Lipinski definition) is 1. The highest BCUT2D eigenvalue weighted by Gasteiger charge is 2.13. The van der Waals surface area contributed by atoms with Gasteiger partial charge >= 0.3 is 0 Å². The molecule has 1 aliphatic carbocycles. The van der Waals surface area contributed by atoms with Crippen LogP contribution in [0.2, 0.25) is 0 Å². The SMILES string of the molecule is Cc1ccc(N(c2ccc(C)cc2)c2ccc(CCCCCCc3ccc4c(c3)CC4)cc2)cc1. The first-order chi connectivity index (χ1) is 17.2. The van der Waals surface area contributed by atoms with Crippen molar-refractivity contribution >= 4 is 17.1 Å². The van der Waals surface area contributed by atoms with Crippen molar-refractivity contribution < 1.29 is 0 Å². The van der Waals surface area contributed by atoms with Gasteiger partial charge in [-0.25, -0.2) is 0 Å². The third-order valence-corrected chi connectivity index (χ3v) is 7.39. The molecule has 0 heterocycles. The van der Waals surface area contributed by atoms with E-state index in [2.05, 4.69) is 110 Å². The van der Waals surface area contributed by atoms with Crippen molar-refractivity contribution in [2.45, 2.75) is 65.2 Å². The van der Waals surface area contributed by atoms with Crippen LogP contribution < -0.4 is 4.90 Å². The normalized spacial score (nSPS) is 12.2. The molecule has 0 bridgehead atoms. The zero-order valence-corrected chi connectivity index (χ0v) is 21.3. The zero-order chi connectivity index (χ0) is 24.0. The van der Waals surface area contributed by atoms with E-state index in [0.717, 1.165) is 6.42 Å². The summed E-state index contributed by atoms with van der Waals surface area (Å²) < 4.78 is 0. The molecule has 4 aromatic rings. The molecule has 0 amide bonds. The maximum Gasteiger partial charge on any atom is 0.0461 e. The summed E-state index contributed by atoms with van der Waals surface area (Å²) in [6, 6.07) is 33.9. The van der Waals surface area contributed by atoms with Crippen molar-refractivity contribution in [1.29, 1.82) is 0 Å². The molecule has 5 rings (SSSR count). The zero-order valence-electron chi connectivity index (χ0n) is 21.3.